The maximum Gasteiger partial charge on any atom is 0.255 e. The molecule has 33 heavy (non-hydrogen) atoms. The Labute approximate surface area is 205 Å². The van der Waals surface area contributed by atoms with E-state index in [1.807, 2.05) is 30.3 Å². The molecule has 0 bridgehead atoms. The maximum atomic E-state index is 13.3. The topological polar surface area (TPSA) is 78.8 Å². The summed E-state index contributed by atoms with van der Waals surface area (Å²) < 4.78 is 28.6. The van der Waals surface area contributed by atoms with Crippen LogP contribution in [-0.4, -0.2) is 30.9 Å². The molecule has 0 aromatic heterocycles. The number of sulfonamides is 1. The molecule has 3 rings (SSSR count). The Morgan fingerprint density at radius 2 is 1.67 bits per heavy atom. The molecule has 0 saturated heterocycles. The van der Waals surface area contributed by atoms with Crippen molar-refractivity contribution in [2.75, 3.05) is 6.54 Å². The number of hydrogen-bond acceptors (Lipinski definition) is 4. The van der Waals surface area contributed by atoms with Crippen molar-refractivity contribution in [3.05, 3.63) is 64.6 Å². The number of benzene rings is 2. The third kappa shape index (κ3) is 7.22. The first-order valence-corrected chi connectivity index (χ1v) is 13.4. The molecule has 1 aliphatic carbocycles. The standard InChI is InChI=1S/C25H32BrN3O3S/c1-25(2,3)20-9-13-22(14-10-20)27-28-24(30)18-29(17-19-7-5-4-6-8-19)33(31,32)23-15-11-21(26)12-16-23/h4-8,11-12,15-16,20H,9-10,13-14,17-18H2,1-3H3,(H,28,30). The number of hydrogen-bond donors (Lipinski definition) is 1. The molecule has 1 aliphatic rings. The third-order valence-corrected chi connectivity index (χ3v) is 8.43. The number of rotatable bonds is 7. The summed E-state index contributed by atoms with van der Waals surface area (Å²) in [5.41, 5.74) is 4.63. The summed E-state index contributed by atoms with van der Waals surface area (Å²) in [7, 11) is -3.87. The van der Waals surface area contributed by atoms with Gasteiger partial charge in [0.1, 0.15) is 0 Å². The molecule has 0 unspecified atom stereocenters. The van der Waals surface area contributed by atoms with Gasteiger partial charge in [0.05, 0.1) is 11.4 Å². The van der Waals surface area contributed by atoms with Crippen molar-refractivity contribution in [2.24, 2.45) is 16.4 Å². The van der Waals surface area contributed by atoms with Crippen LogP contribution in [0.2, 0.25) is 0 Å². The predicted molar refractivity (Wildman–Crippen MR) is 135 cm³/mol. The molecule has 0 aliphatic heterocycles. The highest BCUT2D eigenvalue weighted by Gasteiger charge is 2.29. The monoisotopic (exact) mass is 533 g/mol. The Morgan fingerprint density at radius 1 is 1.06 bits per heavy atom. The molecule has 178 valence electrons. The van der Waals surface area contributed by atoms with Gasteiger partial charge in [0.2, 0.25) is 10.0 Å². The minimum Gasteiger partial charge on any atom is -0.272 e. The molecule has 1 saturated carbocycles. The number of hydrazone groups is 1. The van der Waals surface area contributed by atoms with Crippen LogP contribution in [0.25, 0.3) is 0 Å². The molecule has 0 spiro atoms. The van der Waals surface area contributed by atoms with Crippen molar-refractivity contribution < 1.29 is 13.2 Å². The average Bonchev–Trinajstić information content (AvgIpc) is 2.78. The van der Waals surface area contributed by atoms with Crippen molar-refractivity contribution in [1.82, 2.24) is 9.73 Å². The Hall–Kier alpha value is -2.03. The van der Waals surface area contributed by atoms with Crippen LogP contribution < -0.4 is 5.43 Å². The van der Waals surface area contributed by atoms with Crippen LogP contribution in [0.1, 0.15) is 52.0 Å². The number of carbonyl (C=O) groups excluding carboxylic acids is 1. The lowest BCUT2D eigenvalue weighted by molar-refractivity contribution is -0.121. The van der Waals surface area contributed by atoms with Crippen LogP contribution >= 0.6 is 15.9 Å². The predicted octanol–water partition coefficient (Wildman–Crippen LogP) is 5.35. The fourth-order valence-corrected chi connectivity index (χ4v) is 5.68. The number of amides is 1. The van der Waals surface area contributed by atoms with Crippen molar-refractivity contribution >= 4 is 37.6 Å². The molecule has 1 fully saturated rings. The van der Waals surface area contributed by atoms with Crippen molar-refractivity contribution in [3.63, 3.8) is 0 Å². The quantitative estimate of drug-likeness (QED) is 0.487. The zero-order chi connectivity index (χ0) is 24.1. The van der Waals surface area contributed by atoms with E-state index in [2.05, 4.69) is 47.2 Å². The van der Waals surface area contributed by atoms with E-state index in [1.165, 1.54) is 16.4 Å². The highest BCUT2D eigenvalue weighted by molar-refractivity contribution is 9.10. The Balaban J connectivity index is 1.71. The van der Waals surface area contributed by atoms with Crippen molar-refractivity contribution in [2.45, 2.75) is 57.9 Å². The second-order valence-corrected chi connectivity index (χ2v) is 12.4. The van der Waals surface area contributed by atoms with E-state index < -0.39 is 15.9 Å². The van der Waals surface area contributed by atoms with Crippen LogP contribution in [0, 0.1) is 11.3 Å². The van der Waals surface area contributed by atoms with Gasteiger partial charge in [-0.2, -0.15) is 9.41 Å². The molecule has 1 N–H and O–H groups in total. The number of nitrogens with zero attached hydrogens (tertiary/aromatic N) is 2. The van der Waals surface area contributed by atoms with Gasteiger partial charge in [-0.05, 0) is 66.8 Å². The SMILES string of the molecule is CC(C)(C)C1CCC(=NNC(=O)CN(Cc2ccccc2)S(=O)(=O)c2ccc(Br)cc2)CC1. The van der Waals surface area contributed by atoms with Gasteiger partial charge < -0.3 is 0 Å². The molecule has 2 aromatic rings. The molecule has 0 heterocycles. The smallest absolute Gasteiger partial charge is 0.255 e. The van der Waals surface area contributed by atoms with Gasteiger partial charge in [-0.15, -0.1) is 0 Å². The molecule has 0 atom stereocenters. The molecular weight excluding hydrogens is 502 g/mol. The van der Waals surface area contributed by atoms with E-state index >= 15 is 0 Å². The fourth-order valence-electron chi connectivity index (χ4n) is 4.03. The highest BCUT2D eigenvalue weighted by Crippen LogP contribution is 2.36. The van der Waals surface area contributed by atoms with E-state index in [0.717, 1.165) is 41.4 Å². The summed E-state index contributed by atoms with van der Waals surface area (Å²) in [6, 6.07) is 15.7. The van der Waals surface area contributed by atoms with Gasteiger partial charge in [0.25, 0.3) is 5.91 Å². The minimum absolute atomic E-state index is 0.0937. The second-order valence-electron chi connectivity index (χ2n) is 9.57. The molecule has 6 nitrogen and oxygen atoms in total. The van der Waals surface area contributed by atoms with Crippen molar-refractivity contribution in [1.29, 1.82) is 0 Å². The van der Waals surface area contributed by atoms with E-state index in [1.54, 1.807) is 12.1 Å². The van der Waals surface area contributed by atoms with Crippen LogP contribution in [0.15, 0.2) is 69.1 Å². The first-order chi connectivity index (χ1) is 15.6. The van der Waals surface area contributed by atoms with Gasteiger partial charge in [0, 0.05) is 16.7 Å². The summed E-state index contributed by atoms with van der Waals surface area (Å²) in [6.07, 6.45) is 3.81. The van der Waals surface area contributed by atoms with Crippen molar-refractivity contribution in [3.8, 4) is 0 Å². The summed E-state index contributed by atoms with van der Waals surface area (Å²) in [6.45, 7) is 6.56. The molecule has 1 amide bonds. The summed E-state index contributed by atoms with van der Waals surface area (Å²) in [5, 5.41) is 4.32. The Morgan fingerprint density at radius 3 is 2.24 bits per heavy atom. The summed E-state index contributed by atoms with van der Waals surface area (Å²) in [5.74, 6) is 0.196. The lowest BCUT2D eigenvalue weighted by Gasteiger charge is -2.34. The zero-order valence-corrected chi connectivity index (χ0v) is 21.8. The van der Waals surface area contributed by atoms with E-state index in [0.29, 0.717) is 5.92 Å². The molecule has 8 heteroatoms. The Kier molecular flexibility index (Phi) is 8.48. The molecule has 2 aromatic carbocycles. The largest absolute Gasteiger partial charge is 0.272 e. The summed E-state index contributed by atoms with van der Waals surface area (Å²) in [4.78, 5) is 12.9. The Bertz CT molecular complexity index is 1070. The highest BCUT2D eigenvalue weighted by atomic mass is 79.9. The van der Waals surface area contributed by atoms with Gasteiger partial charge in [-0.3, -0.25) is 4.79 Å². The third-order valence-electron chi connectivity index (χ3n) is 6.10. The van der Waals surface area contributed by atoms with E-state index in [-0.39, 0.29) is 23.4 Å². The molecular formula is C25H32BrN3O3S. The van der Waals surface area contributed by atoms with Crippen LogP contribution in [0.4, 0.5) is 0 Å². The number of carbonyl (C=O) groups is 1. The first-order valence-electron chi connectivity index (χ1n) is 11.2. The number of halogens is 1. The van der Waals surface area contributed by atoms with Gasteiger partial charge in [0.15, 0.2) is 0 Å². The zero-order valence-electron chi connectivity index (χ0n) is 19.4. The van der Waals surface area contributed by atoms with E-state index in [9.17, 15) is 13.2 Å². The van der Waals surface area contributed by atoms with Gasteiger partial charge in [-0.1, -0.05) is 67.0 Å². The van der Waals surface area contributed by atoms with Gasteiger partial charge in [-0.25, -0.2) is 13.8 Å². The van der Waals surface area contributed by atoms with Crippen LogP contribution in [-0.2, 0) is 21.4 Å². The fraction of sp³-hybridized carbons (Fsp3) is 0.440. The maximum absolute atomic E-state index is 13.3. The van der Waals surface area contributed by atoms with Gasteiger partial charge >= 0.3 is 0 Å². The average molecular weight is 535 g/mol. The first kappa shape index (κ1) is 25.6. The minimum atomic E-state index is -3.87. The summed E-state index contributed by atoms with van der Waals surface area (Å²) >= 11 is 3.33. The normalized spacial score (nSPS) is 17.1. The molecule has 0 radical (unpaired) electrons. The van der Waals surface area contributed by atoms with E-state index in [4.69, 9.17) is 0 Å². The number of nitrogens with one attached hydrogen (secondary N) is 1. The lowest BCUT2D eigenvalue weighted by atomic mass is 9.72. The van der Waals surface area contributed by atoms with Crippen LogP contribution in [0.5, 0.6) is 0 Å². The second kappa shape index (κ2) is 10.9. The van der Waals surface area contributed by atoms with Crippen LogP contribution in [0.3, 0.4) is 0 Å². The lowest BCUT2D eigenvalue weighted by Crippen LogP contribution is -2.39.